The predicted molar refractivity (Wildman–Crippen MR) is 79.9 cm³/mol. The fraction of sp³-hybridized carbons (Fsp3) is 0.0769. The van der Waals surface area contributed by atoms with Crippen LogP contribution in [0.3, 0.4) is 0 Å². The van der Waals surface area contributed by atoms with Crippen molar-refractivity contribution in [1.82, 2.24) is 14.0 Å². The van der Waals surface area contributed by atoms with Crippen molar-refractivity contribution in [3.63, 3.8) is 0 Å². The van der Waals surface area contributed by atoms with Crippen molar-refractivity contribution in [3.8, 4) is 0 Å². The Morgan fingerprint density at radius 1 is 1.18 bits per heavy atom. The maximum absolute atomic E-state index is 4.74. The van der Waals surface area contributed by atoms with Crippen molar-refractivity contribution in [2.45, 2.75) is 0 Å². The molecule has 1 aromatic carbocycles. The van der Waals surface area contributed by atoms with Crippen molar-refractivity contribution in [3.05, 3.63) is 39.7 Å². The second-order valence-electron chi connectivity index (χ2n) is 4.09. The Morgan fingerprint density at radius 3 is 2.88 bits per heavy atom. The average molecular weight is 335 g/mol. The van der Waals surface area contributed by atoms with Crippen molar-refractivity contribution in [2.75, 3.05) is 0 Å². The molecule has 17 heavy (non-hydrogen) atoms. The highest BCUT2D eigenvalue weighted by molar-refractivity contribution is 14.2. The summed E-state index contributed by atoms with van der Waals surface area (Å²) >= 11 is 0.0624. The van der Waals surface area contributed by atoms with E-state index in [1.807, 2.05) is 0 Å². The number of para-hydroxylation sites is 2. The molecule has 0 saturated heterocycles. The molecule has 2 aromatic heterocycles. The minimum absolute atomic E-state index is 0.0624. The van der Waals surface area contributed by atoms with E-state index >= 15 is 0 Å². The summed E-state index contributed by atoms with van der Waals surface area (Å²) in [6.07, 6.45) is 2.22. The minimum Gasteiger partial charge on any atom is -0.313 e. The molecule has 1 aliphatic heterocycles. The average Bonchev–Trinajstić information content (AvgIpc) is 2.88. The van der Waals surface area contributed by atoms with E-state index in [1.54, 1.807) is 0 Å². The number of fused-ring (bicyclic) bond motifs is 5. The van der Waals surface area contributed by atoms with Gasteiger partial charge in [-0.2, -0.15) is 0 Å². The first kappa shape index (κ1) is 9.58. The largest absolute Gasteiger partial charge is 0.313 e. The van der Waals surface area contributed by atoms with Crippen LogP contribution in [-0.4, -0.2) is 18.0 Å². The zero-order valence-corrected chi connectivity index (χ0v) is 11.4. The van der Waals surface area contributed by atoms with Crippen molar-refractivity contribution in [1.29, 1.82) is 0 Å². The molecular formula is C13H10IN3. The first-order valence-electron chi connectivity index (χ1n) is 5.44. The van der Waals surface area contributed by atoms with Crippen LogP contribution in [0.5, 0.6) is 0 Å². The van der Waals surface area contributed by atoms with Gasteiger partial charge in [-0.05, 0) is 26.3 Å². The second-order valence-corrected chi connectivity index (χ2v) is 6.15. The van der Waals surface area contributed by atoms with Gasteiger partial charge in [0, 0.05) is 7.05 Å². The number of hydrogen-bond donors (Lipinski definition) is 0. The molecule has 84 valence electrons. The summed E-state index contributed by atoms with van der Waals surface area (Å²) in [5, 5.41) is 0. The van der Waals surface area contributed by atoms with Gasteiger partial charge in [-0.1, -0.05) is 32.9 Å². The molecule has 0 spiro atoms. The Kier molecular flexibility index (Phi) is 1.85. The molecule has 1 aliphatic rings. The summed E-state index contributed by atoms with van der Waals surface area (Å²) < 4.78 is 8.99. The third-order valence-corrected chi connectivity index (χ3v) is 4.89. The third-order valence-electron chi connectivity index (χ3n) is 3.17. The molecule has 4 heteroatoms. The molecule has 3 aromatic rings. The van der Waals surface area contributed by atoms with E-state index < -0.39 is 0 Å². The number of aryl methyl sites for hydroxylation is 1. The van der Waals surface area contributed by atoms with Gasteiger partial charge in [0.15, 0.2) is 0 Å². The quantitative estimate of drug-likeness (QED) is 0.579. The predicted octanol–water partition coefficient (Wildman–Crippen LogP) is 2.93. The summed E-state index contributed by atoms with van der Waals surface area (Å²) in [6, 6.07) is 8.44. The van der Waals surface area contributed by atoms with Gasteiger partial charge in [-0.25, -0.2) is 4.98 Å². The molecular weight excluding hydrogens is 325 g/mol. The maximum atomic E-state index is 4.74. The molecule has 3 nitrogen and oxygen atoms in total. The number of nitrogens with zero attached hydrogens (tertiary/aromatic N) is 3. The van der Waals surface area contributed by atoms with E-state index in [0.717, 1.165) is 11.5 Å². The topological polar surface area (TPSA) is 22.2 Å². The summed E-state index contributed by atoms with van der Waals surface area (Å²) in [5.74, 6) is 1.03. The molecule has 0 saturated carbocycles. The number of imidazole rings is 2. The Balaban J connectivity index is 2.31. The fourth-order valence-corrected chi connectivity index (χ4v) is 3.93. The number of hydrogen-bond acceptors (Lipinski definition) is 1. The number of benzene rings is 1. The summed E-state index contributed by atoms with van der Waals surface area (Å²) in [4.78, 5) is 4.74. The number of aromatic nitrogens is 3. The number of halogens is 1. The van der Waals surface area contributed by atoms with Gasteiger partial charge in [0.25, 0.3) is 0 Å². The normalized spacial score (nSPS) is 14.2. The highest BCUT2D eigenvalue weighted by Gasteiger charge is 2.16. The Hall–Kier alpha value is -1.43. The van der Waals surface area contributed by atoms with E-state index in [0.29, 0.717) is 0 Å². The van der Waals surface area contributed by atoms with Crippen LogP contribution in [0.15, 0.2) is 28.3 Å². The van der Waals surface area contributed by atoms with Crippen LogP contribution < -0.4 is 0 Å². The highest BCUT2D eigenvalue weighted by Crippen LogP contribution is 2.26. The van der Waals surface area contributed by atoms with Gasteiger partial charge in [0.05, 0.1) is 22.4 Å². The molecule has 0 bridgehead atoms. The zero-order valence-electron chi connectivity index (χ0n) is 9.26. The molecule has 0 N–H and O–H groups in total. The first-order valence-corrected chi connectivity index (χ1v) is 7.93. The summed E-state index contributed by atoms with van der Waals surface area (Å²) in [5.41, 5.74) is 4.84. The van der Waals surface area contributed by atoms with Crippen molar-refractivity contribution >= 4 is 47.6 Å². The van der Waals surface area contributed by atoms with Crippen LogP contribution in [0.4, 0.5) is 0 Å². The Bertz CT molecular complexity index is 805. The Morgan fingerprint density at radius 2 is 2.00 bits per heavy atom. The molecule has 3 heterocycles. The van der Waals surface area contributed by atoms with Gasteiger partial charge in [-0.15, -0.1) is 0 Å². The smallest absolute Gasteiger partial charge is 0.215 e. The van der Waals surface area contributed by atoms with E-state index in [-0.39, 0.29) is 20.7 Å². The highest BCUT2D eigenvalue weighted by atomic mass is 127. The summed E-state index contributed by atoms with van der Waals surface area (Å²) in [6.45, 7) is 0. The van der Waals surface area contributed by atoms with Crippen LogP contribution in [0.2, 0.25) is 0 Å². The van der Waals surface area contributed by atoms with Gasteiger partial charge in [0.2, 0.25) is 5.78 Å². The van der Waals surface area contributed by atoms with Gasteiger partial charge in [0.1, 0.15) is 0 Å². The van der Waals surface area contributed by atoms with Crippen molar-refractivity contribution in [2.24, 2.45) is 7.05 Å². The second kappa shape index (κ2) is 3.29. The lowest BCUT2D eigenvalue weighted by Crippen LogP contribution is -1.90. The van der Waals surface area contributed by atoms with Gasteiger partial charge in [-0.3, -0.25) is 4.40 Å². The van der Waals surface area contributed by atoms with Gasteiger partial charge >= 0.3 is 0 Å². The molecule has 0 fully saturated rings. The fourth-order valence-electron chi connectivity index (χ4n) is 2.38. The maximum Gasteiger partial charge on any atom is 0.215 e. The van der Waals surface area contributed by atoms with Crippen LogP contribution in [-0.2, 0) is 7.05 Å². The molecule has 0 radical (unpaired) electrons. The monoisotopic (exact) mass is 335 g/mol. The lowest BCUT2D eigenvalue weighted by Gasteiger charge is -1.98. The van der Waals surface area contributed by atoms with E-state index in [1.165, 1.54) is 16.7 Å². The molecule has 0 atom stereocenters. The SMILES string of the molecule is Cn1c2ccccc2n2c3c(nc12)C=IC=C3. The standard InChI is InChI=1S/C13H10IN3/c1-16-11-4-2-3-5-12(11)17-10-6-7-14-8-9(10)15-13(16)17/h2-8H,1H3. The minimum atomic E-state index is 0.0624. The molecule has 0 aliphatic carbocycles. The van der Waals surface area contributed by atoms with Crippen LogP contribution in [0, 0.1) is 0 Å². The molecule has 4 rings (SSSR count). The van der Waals surface area contributed by atoms with E-state index in [9.17, 15) is 0 Å². The van der Waals surface area contributed by atoms with E-state index in [4.69, 9.17) is 4.98 Å². The van der Waals surface area contributed by atoms with Crippen LogP contribution in [0.1, 0.15) is 11.4 Å². The zero-order chi connectivity index (χ0) is 11.4. The molecule has 0 unspecified atom stereocenters. The third kappa shape index (κ3) is 1.16. The van der Waals surface area contributed by atoms with E-state index in [2.05, 4.69) is 54.5 Å². The first-order chi connectivity index (χ1) is 8.36. The van der Waals surface area contributed by atoms with Crippen molar-refractivity contribution < 1.29 is 0 Å². The lowest BCUT2D eigenvalue weighted by molar-refractivity contribution is 0.969. The Labute approximate surface area is 108 Å². The lowest BCUT2D eigenvalue weighted by atomic mass is 10.3. The van der Waals surface area contributed by atoms with Crippen LogP contribution in [0.25, 0.3) is 22.9 Å². The number of rotatable bonds is 0. The summed E-state index contributed by atoms with van der Waals surface area (Å²) in [7, 11) is 2.08. The molecule has 0 amide bonds. The van der Waals surface area contributed by atoms with Gasteiger partial charge < -0.3 is 4.57 Å². The van der Waals surface area contributed by atoms with Crippen LogP contribution >= 0.6 is 20.7 Å².